The van der Waals surface area contributed by atoms with Crippen molar-refractivity contribution in [2.45, 2.75) is 25.4 Å². The van der Waals surface area contributed by atoms with Crippen LogP contribution in [0.2, 0.25) is 0 Å². The Morgan fingerprint density at radius 2 is 1.64 bits per heavy atom. The van der Waals surface area contributed by atoms with Gasteiger partial charge in [-0.25, -0.2) is 0 Å². The smallest absolute Gasteiger partial charge is 0.269 e. The van der Waals surface area contributed by atoms with Gasteiger partial charge in [0.05, 0.1) is 11.5 Å². The number of aliphatic hydroxyl groups is 1. The molecule has 0 spiro atoms. The predicted octanol–water partition coefficient (Wildman–Crippen LogP) is 1.17. The lowest BCUT2D eigenvalue weighted by Crippen LogP contribution is -2.53. The number of nitro groups is 1. The summed E-state index contributed by atoms with van der Waals surface area (Å²) in [4.78, 5) is 17.8. The van der Waals surface area contributed by atoms with Crippen LogP contribution < -0.4 is 0 Å². The lowest BCUT2D eigenvalue weighted by Gasteiger charge is -2.42. The molecule has 2 fully saturated rings. The van der Waals surface area contributed by atoms with E-state index in [1.165, 1.54) is 12.8 Å². The number of benzene rings is 1. The SMILES string of the molecule is O=[N+]([O-])c1ccc(CN2CCC(N3CCN(CCO)CC3)CC2)cc1. The fourth-order valence-corrected chi connectivity index (χ4v) is 3.92. The van der Waals surface area contributed by atoms with Crippen LogP contribution in [0.1, 0.15) is 18.4 Å². The number of hydrogen-bond donors (Lipinski definition) is 1. The van der Waals surface area contributed by atoms with E-state index in [2.05, 4.69) is 14.7 Å². The monoisotopic (exact) mass is 348 g/mol. The molecule has 0 bridgehead atoms. The van der Waals surface area contributed by atoms with Gasteiger partial charge in [0, 0.05) is 57.4 Å². The summed E-state index contributed by atoms with van der Waals surface area (Å²) in [5.41, 5.74) is 1.30. The molecule has 0 aromatic heterocycles. The number of β-amino-alcohol motifs (C(OH)–C–C–N with tert-alkyl or cyclic N) is 1. The highest BCUT2D eigenvalue weighted by molar-refractivity contribution is 5.32. The summed E-state index contributed by atoms with van der Waals surface area (Å²) in [6, 6.07) is 7.58. The maximum atomic E-state index is 10.7. The lowest BCUT2D eigenvalue weighted by molar-refractivity contribution is -0.384. The Bertz CT molecular complexity index is 550. The summed E-state index contributed by atoms with van der Waals surface area (Å²) >= 11 is 0. The minimum Gasteiger partial charge on any atom is -0.395 e. The van der Waals surface area contributed by atoms with Crippen molar-refractivity contribution in [2.24, 2.45) is 0 Å². The molecule has 3 rings (SSSR count). The van der Waals surface area contributed by atoms with Gasteiger partial charge >= 0.3 is 0 Å². The summed E-state index contributed by atoms with van der Waals surface area (Å²) in [5, 5.41) is 19.8. The zero-order valence-corrected chi connectivity index (χ0v) is 14.7. The highest BCUT2D eigenvalue weighted by Gasteiger charge is 2.27. The second-order valence-electron chi connectivity index (χ2n) is 7.03. The molecule has 0 aliphatic carbocycles. The summed E-state index contributed by atoms with van der Waals surface area (Å²) in [7, 11) is 0. The zero-order chi connectivity index (χ0) is 17.6. The van der Waals surface area contributed by atoms with E-state index in [0.29, 0.717) is 6.04 Å². The van der Waals surface area contributed by atoms with Crippen molar-refractivity contribution >= 4 is 5.69 Å². The Balaban J connectivity index is 1.42. The lowest BCUT2D eigenvalue weighted by atomic mass is 10.0. The van der Waals surface area contributed by atoms with E-state index >= 15 is 0 Å². The Morgan fingerprint density at radius 1 is 1.00 bits per heavy atom. The van der Waals surface area contributed by atoms with E-state index in [1.807, 2.05) is 12.1 Å². The number of nitro benzene ring substituents is 1. The molecule has 7 nitrogen and oxygen atoms in total. The van der Waals surface area contributed by atoms with Crippen LogP contribution in [0.3, 0.4) is 0 Å². The molecule has 2 aliphatic heterocycles. The molecule has 25 heavy (non-hydrogen) atoms. The Morgan fingerprint density at radius 3 is 2.20 bits per heavy atom. The second kappa shape index (κ2) is 8.71. The molecule has 2 saturated heterocycles. The van der Waals surface area contributed by atoms with Gasteiger partial charge in [0.1, 0.15) is 0 Å². The molecule has 1 N–H and O–H groups in total. The van der Waals surface area contributed by atoms with Crippen molar-refractivity contribution in [3.8, 4) is 0 Å². The van der Waals surface area contributed by atoms with Crippen LogP contribution in [-0.4, -0.2) is 83.2 Å². The van der Waals surface area contributed by atoms with Gasteiger partial charge in [0.15, 0.2) is 0 Å². The van der Waals surface area contributed by atoms with Crippen molar-refractivity contribution < 1.29 is 10.0 Å². The van der Waals surface area contributed by atoms with Gasteiger partial charge in [-0.2, -0.15) is 0 Å². The van der Waals surface area contributed by atoms with Crippen molar-refractivity contribution in [2.75, 3.05) is 52.4 Å². The van der Waals surface area contributed by atoms with Crippen LogP contribution in [0.15, 0.2) is 24.3 Å². The van der Waals surface area contributed by atoms with Gasteiger partial charge in [-0.15, -0.1) is 0 Å². The molecule has 0 radical (unpaired) electrons. The summed E-state index contributed by atoms with van der Waals surface area (Å²) in [6.45, 7) is 8.40. The first-order chi connectivity index (χ1) is 12.2. The van der Waals surface area contributed by atoms with Crippen LogP contribution in [-0.2, 0) is 6.54 Å². The van der Waals surface area contributed by atoms with Crippen LogP contribution in [0.5, 0.6) is 0 Å². The molecule has 0 atom stereocenters. The number of hydrogen-bond acceptors (Lipinski definition) is 6. The predicted molar refractivity (Wildman–Crippen MR) is 96.5 cm³/mol. The van der Waals surface area contributed by atoms with E-state index in [4.69, 9.17) is 5.11 Å². The van der Waals surface area contributed by atoms with E-state index in [-0.39, 0.29) is 17.2 Å². The van der Waals surface area contributed by atoms with Gasteiger partial charge in [0.25, 0.3) is 5.69 Å². The highest BCUT2D eigenvalue weighted by Crippen LogP contribution is 2.20. The molecule has 138 valence electrons. The Hall–Kier alpha value is -1.54. The maximum Gasteiger partial charge on any atom is 0.269 e. The van der Waals surface area contributed by atoms with E-state index in [9.17, 15) is 10.1 Å². The van der Waals surface area contributed by atoms with Gasteiger partial charge in [0.2, 0.25) is 0 Å². The molecule has 2 heterocycles. The van der Waals surface area contributed by atoms with Crippen LogP contribution in [0, 0.1) is 10.1 Å². The first kappa shape index (κ1) is 18.3. The number of nitrogens with zero attached hydrogens (tertiary/aromatic N) is 4. The molecule has 0 unspecified atom stereocenters. The molecular weight excluding hydrogens is 320 g/mol. The van der Waals surface area contributed by atoms with Crippen LogP contribution >= 0.6 is 0 Å². The van der Waals surface area contributed by atoms with Crippen LogP contribution in [0.4, 0.5) is 5.69 Å². The van der Waals surface area contributed by atoms with Crippen LogP contribution in [0.25, 0.3) is 0 Å². The van der Waals surface area contributed by atoms with Crippen molar-refractivity contribution in [3.63, 3.8) is 0 Å². The highest BCUT2D eigenvalue weighted by atomic mass is 16.6. The fourth-order valence-electron chi connectivity index (χ4n) is 3.92. The fraction of sp³-hybridized carbons (Fsp3) is 0.667. The Labute approximate surface area is 149 Å². The zero-order valence-electron chi connectivity index (χ0n) is 14.7. The minimum absolute atomic E-state index is 0.155. The number of piperidine rings is 1. The summed E-state index contributed by atoms with van der Waals surface area (Å²) in [5.74, 6) is 0. The van der Waals surface area contributed by atoms with E-state index < -0.39 is 0 Å². The Kier molecular flexibility index (Phi) is 6.36. The molecule has 0 saturated carbocycles. The second-order valence-corrected chi connectivity index (χ2v) is 7.03. The van der Waals surface area contributed by atoms with Crippen molar-refractivity contribution in [1.29, 1.82) is 0 Å². The first-order valence-corrected chi connectivity index (χ1v) is 9.18. The molecule has 7 heteroatoms. The average Bonchev–Trinajstić information content (AvgIpc) is 2.64. The largest absolute Gasteiger partial charge is 0.395 e. The number of non-ortho nitro benzene ring substituents is 1. The molecule has 2 aliphatic rings. The quantitative estimate of drug-likeness (QED) is 0.615. The number of rotatable bonds is 6. The van der Waals surface area contributed by atoms with Gasteiger partial charge in [-0.05, 0) is 31.5 Å². The first-order valence-electron chi connectivity index (χ1n) is 9.18. The summed E-state index contributed by atoms with van der Waals surface area (Å²) in [6.07, 6.45) is 2.37. The number of piperazine rings is 1. The van der Waals surface area contributed by atoms with Crippen molar-refractivity contribution in [1.82, 2.24) is 14.7 Å². The van der Waals surface area contributed by atoms with E-state index in [1.54, 1.807) is 12.1 Å². The standard InChI is InChI=1S/C18H28N4O3/c23-14-13-19-9-11-21(12-10-19)17-5-7-20(8-6-17)15-16-1-3-18(4-2-16)22(24)25/h1-4,17,23H,5-15H2. The number of aliphatic hydroxyl groups excluding tert-OH is 1. The van der Waals surface area contributed by atoms with E-state index in [0.717, 1.165) is 57.9 Å². The van der Waals surface area contributed by atoms with Gasteiger partial charge < -0.3 is 5.11 Å². The average molecular weight is 348 g/mol. The third kappa shape index (κ3) is 4.98. The molecule has 1 aromatic carbocycles. The summed E-state index contributed by atoms with van der Waals surface area (Å²) < 4.78 is 0. The maximum absolute atomic E-state index is 10.7. The van der Waals surface area contributed by atoms with Crippen molar-refractivity contribution in [3.05, 3.63) is 39.9 Å². The third-order valence-corrected chi connectivity index (χ3v) is 5.45. The topological polar surface area (TPSA) is 73.1 Å². The molecular formula is C18H28N4O3. The molecule has 0 amide bonds. The van der Waals surface area contributed by atoms with Gasteiger partial charge in [-0.1, -0.05) is 12.1 Å². The normalized spacial score (nSPS) is 21.5. The minimum atomic E-state index is -0.352. The molecule has 1 aromatic rings. The van der Waals surface area contributed by atoms with Gasteiger partial charge in [-0.3, -0.25) is 24.8 Å². The number of likely N-dealkylation sites (tertiary alicyclic amines) is 1. The third-order valence-electron chi connectivity index (χ3n) is 5.45.